The summed E-state index contributed by atoms with van der Waals surface area (Å²) < 4.78 is 31.1. The van der Waals surface area contributed by atoms with E-state index in [4.69, 9.17) is 4.74 Å². The Labute approximate surface area is 93.7 Å². The zero-order valence-corrected chi connectivity index (χ0v) is 9.39. The van der Waals surface area contributed by atoms with E-state index in [-0.39, 0.29) is 12.5 Å². The van der Waals surface area contributed by atoms with Gasteiger partial charge in [-0.1, -0.05) is 6.92 Å². The quantitative estimate of drug-likeness (QED) is 0.742. The van der Waals surface area contributed by atoms with Gasteiger partial charge in [-0.25, -0.2) is 0 Å². The minimum absolute atomic E-state index is 0.0547. The fraction of sp³-hybridized carbons (Fsp3) is 0.900. The third kappa shape index (κ3) is 4.02. The van der Waals surface area contributed by atoms with Crippen LogP contribution in [0.25, 0.3) is 0 Å². The van der Waals surface area contributed by atoms with Crippen LogP contribution in [0.5, 0.6) is 0 Å². The van der Waals surface area contributed by atoms with Gasteiger partial charge in [-0.05, 0) is 0 Å². The van der Waals surface area contributed by atoms with E-state index in [9.17, 15) is 13.6 Å². The fourth-order valence-electron chi connectivity index (χ4n) is 1.42. The molecule has 0 aliphatic carbocycles. The molecule has 2 N–H and O–H groups in total. The zero-order valence-electron chi connectivity index (χ0n) is 9.39. The third-order valence-corrected chi connectivity index (χ3v) is 2.54. The molecule has 16 heavy (non-hydrogen) atoms. The van der Waals surface area contributed by atoms with Crippen LogP contribution >= 0.6 is 0 Å². The van der Waals surface area contributed by atoms with Gasteiger partial charge in [0.2, 0.25) is 0 Å². The summed E-state index contributed by atoms with van der Waals surface area (Å²) in [6, 6.07) is 0. The molecule has 1 amide bonds. The van der Waals surface area contributed by atoms with Gasteiger partial charge in [0.1, 0.15) is 0 Å². The van der Waals surface area contributed by atoms with Gasteiger partial charge >= 0.3 is 5.92 Å². The number of halogens is 2. The molecule has 1 aliphatic heterocycles. The Morgan fingerprint density at radius 1 is 1.62 bits per heavy atom. The van der Waals surface area contributed by atoms with Crippen LogP contribution in [0.3, 0.4) is 0 Å². The second kappa shape index (κ2) is 6.10. The van der Waals surface area contributed by atoms with Crippen LogP contribution in [0.2, 0.25) is 0 Å². The molecule has 0 bridgehead atoms. The Morgan fingerprint density at radius 2 is 2.38 bits per heavy atom. The maximum atomic E-state index is 12.9. The summed E-state index contributed by atoms with van der Waals surface area (Å²) in [5.41, 5.74) is 0. The molecule has 1 heterocycles. The van der Waals surface area contributed by atoms with Gasteiger partial charge in [0, 0.05) is 32.0 Å². The van der Waals surface area contributed by atoms with Crippen molar-refractivity contribution in [1.82, 2.24) is 10.6 Å². The summed E-state index contributed by atoms with van der Waals surface area (Å²) in [6.45, 7) is 4.06. The first-order valence-corrected chi connectivity index (χ1v) is 5.51. The lowest BCUT2D eigenvalue weighted by Crippen LogP contribution is -2.43. The third-order valence-electron chi connectivity index (χ3n) is 2.54. The highest BCUT2D eigenvalue weighted by Gasteiger charge is 2.36. The smallest absolute Gasteiger partial charge is 0.324 e. The molecule has 1 rings (SSSR count). The number of alkyl halides is 2. The summed E-state index contributed by atoms with van der Waals surface area (Å²) in [6.07, 6.45) is -0.474. The van der Waals surface area contributed by atoms with Gasteiger partial charge in [-0.15, -0.1) is 0 Å². The standard InChI is InChI=1S/C10H18F2N2O2/c1-2-10(11,12)9(15)14-6-8-5-13-3-4-16-7-8/h8,13H,2-7H2,1H3,(H,14,15). The van der Waals surface area contributed by atoms with E-state index in [1.54, 1.807) is 0 Å². The van der Waals surface area contributed by atoms with E-state index in [1.807, 2.05) is 0 Å². The van der Waals surface area contributed by atoms with Crippen molar-refractivity contribution >= 4 is 5.91 Å². The Hall–Kier alpha value is -0.750. The van der Waals surface area contributed by atoms with Crippen molar-refractivity contribution in [2.24, 2.45) is 5.92 Å². The molecule has 0 saturated carbocycles. The molecule has 0 aromatic carbocycles. The molecule has 1 aliphatic rings. The zero-order chi connectivity index (χ0) is 12.0. The average molecular weight is 236 g/mol. The van der Waals surface area contributed by atoms with E-state index in [1.165, 1.54) is 6.92 Å². The molecular weight excluding hydrogens is 218 g/mol. The monoisotopic (exact) mass is 236 g/mol. The normalized spacial score (nSPS) is 22.6. The number of nitrogens with one attached hydrogen (secondary N) is 2. The minimum Gasteiger partial charge on any atom is -0.380 e. The first-order valence-electron chi connectivity index (χ1n) is 5.51. The Kier molecular flexibility index (Phi) is 5.08. The highest BCUT2D eigenvalue weighted by atomic mass is 19.3. The molecule has 1 saturated heterocycles. The predicted molar refractivity (Wildman–Crippen MR) is 55.4 cm³/mol. The first-order chi connectivity index (χ1) is 7.56. The lowest BCUT2D eigenvalue weighted by molar-refractivity contribution is -0.146. The Bertz CT molecular complexity index is 229. The van der Waals surface area contributed by atoms with Gasteiger partial charge in [-0.2, -0.15) is 8.78 Å². The van der Waals surface area contributed by atoms with Crippen LogP contribution in [-0.4, -0.2) is 44.7 Å². The van der Waals surface area contributed by atoms with Crippen molar-refractivity contribution in [2.45, 2.75) is 19.3 Å². The van der Waals surface area contributed by atoms with Crippen LogP contribution in [-0.2, 0) is 9.53 Å². The number of amides is 1. The molecule has 1 atom stereocenters. The number of carbonyl (C=O) groups excluding carboxylic acids is 1. The Balaban J connectivity index is 2.30. The van der Waals surface area contributed by atoms with Crippen LogP contribution in [0.1, 0.15) is 13.3 Å². The highest BCUT2D eigenvalue weighted by Crippen LogP contribution is 2.17. The molecule has 0 spiro atoms. The Morgan fingerprint density at radius 3 is 3.06 bits per heavy atom. The molecule has 0 radical (unpaired) electrons. The largest absolute Gasteiger partial charge is 0.380 e. The molecule has 0 aromatic heterocycles. The fourth-order valence-corrected chi connectivity index (χ4v) is 1.42. The number of ether oxygens (including phenoxy) is 1. The predicted octanol–water partition coefficient (Wildman–Crippen LogP) is 0.384. The molecule has 4 nitrogen and oxygen atoms in total. The maximum Gasteiger partial charge on any atom is 0.324 e. The van der Waals surface area contributed by atoms with Crippen LogP contribution in [0, 0.1) is 5.92 Å². The van der Waals surface area contributed by atoms with Crippen molar-refractivity contribution in [3.05, 3.63) is 0 Å². The summed E-state index contributed by atoms with van der Waals surface area (Å²) in [7, 11) is 0. The van der Waals surface area contributed by atoms with E-state index >= 15 is 0 Å². The minimum atomic E-state index is -3.26. The van der Waals surface area contributed by atoms with Gasteiger partial charge in [-0.3, -0.25) is 4.79 Å². The van der Waals surface area contributed by atoms with Crippen LogP contribution in [0.4, 0.5) is 8.78 Å². The average Bonchev–Trinajstić information content (AvgIpc) is 2.54. The van der Waals surface area contributed by atoms with Crippen molar-refractivity contribution in [1.29, 1.82) is 0 Å². The lowest BCUT2D eigenvalue weighted by Gasteiger charge is -2.18. The molecular formula is C10H18F2N2O2. The number of hydrogen-bond donors (Lipinski definition) is 2. The summed E-state index contributed by atoms with van der Waals surface area (Å²) >= 11 is 0. The number of carbonyl (C=O) groups is 1. The highest BCUT2D eigenvalue weighted by molar-refractivity contribution is 5.83. The lowest BCUT2D eigenvalue weighted by atomic mass is 10.1. The van der Waals surface area contributed by atoms with Gasteiger partial charge in [0.15, 0.2) is 0 Å². The van der Waals surface area contributed by atoms with Crippen LogP contribution in [0.15, 0.2) is 0 Å². The van der Waals surface area contributed by atoms with Crippen molar-refractivity contribution < 1.29 is 18.3 Å². The van der Waals surface area contributed by atoms with Crippen LogP contribution < -0.4 is 10.6 Å². The van der Waals surface area contributed by atoms with E-state index in [0.29, 0.717) is 19.8 Å². The summed E-state index contributed by atoms with van der Waals surface area (Å²) in [4.78, 5) is 11.1. The van der Waals surface area contributed by atoms with Gasteiger partial charge in [0.05, 0.1) is 13.2 Å². The topological polar surface area (TPSA) is 50.4 Å². The van der Waals surface area contributed by atoms with E-state index in [2.05, 4.69) is 10.6 Å². The second-order valence-corrected chi connectivity index (χ2v) is 3.91. The SMILES string of the molecule is CCC(F)(F)C(=O)NCC1CNCCOC1. The summed E-state index contributed by atoms with van der Waals surface area (Å²) in [5.74, 6) is -4.41. The summed E-state index contributed by atoms with van der Waals surface area (Å²) in [5, 5.41) is 5.37. The molecule has 6 heteroatoms. The molecule has 1 unspecified atom stereocenters. The molecule has 94 valence electrons. The van der Waals surface area contributed by atoms with Crippen molar-refractivity contribution in [2.75, 3.05) is 32.8 Å². The van der Waals surface area contributed by atoms with E-state index in [0.717, 1.165) is 6.54 Å². The van der Waals surface area contributed by atoms with Gasteiger partial charge < -0.3 is 15.4 Å². The number of rotatable bonds is 4. The van der Waals surface area contributed by atoms with E-state index < -0.39 is 18.3 Å². The first kappa shape index (κ1) is 13.3. The van der Waals surface area contributed by atoms with Crippen molar-refractivity contribution in [3.63, 3.8) is 0 Å². The molecule has 1 fully saturated rings. The number of hydrogen-bond acceptors (Lipinski definition) is 3. The second-order valence-electron chi connectivity index (χ2n) is 3.91. The van der Waals surface area contributed by atoms with Gasteiger partial charge in [0.25, 0.3) is 5.91 Å². The maximum absolute atomic E-state index is 12.9. The molecule has 0 aromatic rings. The van der Waals surface area contributed by atoms with Crippen molar-refractivity contribution in [3.8, 4) is 0 Å².